The second-order valence-electron chi connectivity index (χ2n) is 5.42. The fourth-order valence-electron chi connectivity index (χ4n) is 2.17. The summed E-state index contributed by atoms with van der Waals surface area (Å²) in [7, 11) is -4.09. The van der Waals surface area contributed by atoms with Gasteiger partial charge in [0.2, 0.25) is 5.82 Å². The third-order valence-electron chi connectivity index (χ3n) is 3.41. The molecule has 0 saturated heterocycles. The maximum atomic E-state index is 12.7. The second kappa shape index (κ2) is 8.84. The minimum atomic E-state index is -4.09. The number of aromatic nitrogens is 2. The molecule has 3 aromatic rings. The summed E-state index contributed by atoms with van der Waals surface area (Å²) in [4.78, 5) is 7.79. The van der Waals surface area contributed by atoms with Crippen molar-refractivity contribution in [2.45, 2.75) is 11.5 Å². The highest BCUT2D eigenvalue weighted by atomic mass is 79.9. The molecule has 0 saturated carbocycles. The molecule has 1 aromatic heterocycles. The van der Waals surface area contributed by atoms with E-state index in [0.717, 1.165) is 10.0 Å². The Morgan fingerprint density at radius 2 is 1.86 bits per heavy atom. The summed E-state index contributed by atoms with van der Waals surface area (Å²) in [5.41, 5.74) is 0.836. The molecule has 0 bridgehead atoms. The van der Waals surface area contributed by atoms with Crippen LogP contribution in [-0.4, -0.2) is 18.4 Å². The van der Waals surface area contributed by atoms with Gasteiger partial charge in [0.15, 0.2) is 5.15 Å². The molecule has 0 amide bonds. The highest BCUT2D eigenvalue weighted by molar-refractivity contribution is 9.10. The van der Waals surface area contributed by atoms with E-state index in [4.69, 9.17) is 39.5 Å². The molecule has 0 radical (unpaired) electrons. The zero-order valence-corrected chi connectivity index (χ0v) is 18.5. The molecular formula is C17H11BrCl3N3O3S. The Labute approximate surface area is 185 Å². The summed E-state index contributed by atoms with van der Waals surface area (Å²) in [5.74, 6) is -0.204. The van der Waals surface area contributed by atoms with Crippen LogP contribution in [0.2, 0.25) is 15.2 Å². The summed E-state index contributed by atoms with van der Waals surface area (Å²) in [6, 6.07) is 11.7. The first-order chi connectivity index (χ1) is 13.3. The molecule has 1 N–H and O–H groups in total. The molecule has 0 aliphatic heterocycles. The fourth-order valence-corrected chi connectivity index (χ4v) is 4.52. The maximum absolute atomic E-state index is 12.7. The van der Waals surface area contributed by atoms with Gasteiger partial charge < -0.3 is 4.74 Å². The minimum Gasteiger partial charge on any atom is -0.470 e. The topological polar surface area (TPSA) is 81.2 Å². The van der Waals surface area contributed by atoms with Crippen LogP contribution >= 0.6 is 50.7 Å². The number of hydrogen-bond donors (Lipinski definition) is 1. The quantitative estimate of drug-likeness (QED) is 0.456. The lowest BCUT2D eigenvalue weighted by Gasteiger charge is -2.13. The van der Waals surface area contributed by atoms with Crippen LogP contribution in [0.5, 0.6) is 5.88 Å². The molecule has 0 unspecified atom stereocenters. The SMILES string of the molecule is O=S(=O)(Nc1ncc(Cl)nc1OCc1cccc(Br)c1)c1cccc(Cl)c1Cl. The number of sulfonamides is 1. The van der Waals surface area contributed by atoms with Gasteiger partial charge in [-0.2, -0.15) is 4.98 Å². The molecule has 0 aliphatic carbocycles. The van der Waals surface area contributed by atoms with Crippen molar-refractivity contribution in [3.63, 3.8) is 0 Å². The van der Waals surface area contributed by atoms with Gasteiger partial charge in [0.05, 0.1) is 16.2 Å². The van der Waals surface area contributed by atoms with Gasteiger partial charge in [-0.15, -0.1) is 0 Å². The van der Waals surface area contributed by atoms with Gasteiger partial charge in [-0.25, -0.2) is 13.4 Å². The van der Waals surface area contributed by atoms with Gasteiger partial charge in [-0.05, 0) is 29.8 Å². The van der Waals surface area contributed by atoms with Crippen LogP contribution in [-0.2, 0) is 16.6 Å². The van der Waals surface area contributed by atoms with Gasteiger partial charge in [-0.3, -0.25) is 4.72 Å². The number of nitrogens with zero attached hydrogens (tertiary/aromatic N) is 2. The van der Waals surface area contributed by atoms with Crippen LogP contribution in [0.4, 0.5) is 5.82 Å². The standard InChI is InChI=1S/C17H11BrCl3N3O3S/c18-11-4-1-3-10(7-11)9-27-17-16(22-8-14(20)23-17)24-28(25,26)13-6-2-5-12(19)15(13)21/h1-8H,9H2,(H,22,24). The van der Waals surface area contributed by atoms with Crippen LogP contribution < -0.4 is 9.46 Å². The number of anilines is 1. The van der Waals surface area contributed by atoms with Gasteiger partial charge in [0.1, 0.15) is 11.5 Å². The van der Waals surface area contributed by atoms with E-state index in [0.29, 0.717) is 0 Å². The van der Waals surface area contributed by atoms with E-state index in [9.17, 15) is 8.42 Å². The first-order valence-electron chi connectivity index (χ1n) is 7.63. The Morgan fingerprint density at radius 1 is 1.11 bits per heavy atom. The average Bonchev–Trinajstić information content (AvgIpc) is 2.64. The third-order valence-corrected chi connectivity index (χ3v) is 6.40. The predicted octanol–water partition coefficient (Wildman–Crippen LogP) is 5.58. The van der Waals surface area contributed by atoms with Gasteiger partial charge in [-0.1, -0.05) is 68.9 Å². The van der Waals surface area contributed by atoms with Crippen molar-refractivity contribution in [3.05, 3.63) is 73.9 Å². The van der Waals surface area contributed by atoms with E-state index in [-0.39, 0.29) is 38.4 Å². The van der Waals surface area contributed by atoms with Crippen LogP contribution in [0.3, 0.4) is 0 Å². The first kappa shape index (κ1) is 21.1. The van der Waals surface area contributed by atoms with Gasteiger partial charge >= 0.3 is 0 Å². The van der Waals surface area contributed by atoms with E-state index >= 15 is 0 Å². The van der Waals surface area contributed by atoms with E-state index in [2.05, 4.69) is 30.6 Å². The lowest BCUT2D eigenvalue weighted by Crippen LogP contribution is -2.16. The van der Waals surface area contributed by atoms with Crippen LogP contribution in [0.1, 0.15) is 5.56 Å². The zero-order chi connectivity index (χ0) is 20.3. The van der Waals surface area contributed by atoms with E-state index < -0.39 is 10.0 Å². The monoisotopic (exact) mass is 521 g/mol. The highest BCUT2D eigenvalue weighted by Crippen LogP contribution is 2.31. The molecular weight excluding hydrogens is 513 g/mol. The van der Waals surface area contributed by atoms with E-state index in [1.54, 1.807) is 0 Å². The number of ether oxygens (including phenoxy) is 1. The zero-order valence-electron chi connectivity index (χ0n) is 13.9. The molecule has 3 rings (SSSR count). The fraction of sp³-hybridized carbons (Fsp3) is 0.0588. The number of halogens is 4. The Bertz CT molecular complexity index is 1130. The largest absolute Gasteiger partial charge is 0.470 e. The number of benzene rings is 2. The Hall–Kier alpha value is -1.58. The lowest BCUT2D eigenvalue weighted by atomic mass is 10.2. The van der Waals surface area contributed by atoms with E-state index in [1.165, 1.54) is 24.4 Å². The normalized spacial score (nSPS) is 11.3. The Kier molecular flexibility index (Phi) is 6.67. The Balaban J connectivity index is 1.89. The maximum Gasteiger partial charge on any atom is 0.264 e. The van der Waals surface area contributed by atoms with E-state index in [1.807, 2.05) is 24.3 Å². The summed E-state index contributed by atoms with van der Waals surface area (Å²) < 4.78 is 34.2. The highest BCUT2D eigenvalue weighted by Gasteiger charge is 2.23. The predicted molar refractivity (Wildman–Crippen MR) is 113 cm³/mol. The summed E-state index contributed by atoms with van der Waals surface area (Å²) in [6.07, 6.45) is 1.20. The molecule has 0 aliphatic rings. The summed E-state index contributed by atoms with van der Waals surface area (Å²) in [6.45, 7) is 0.126. The number of hydrogen-bond acceptors (Lipinski definition) is 5. The van der Waals surface area contributed by atoms with Crippen molar-refractivity contribution in [1.82, 2.24) is 9.97 Å². The van der Waals surface area contributed by atoms with Crippen molar-refractivity contribution in [2.24, 2.45) is 0 Å². The molecule has 0 atom stereocenters. The molecule has 0 fully saturated rings. The van der Waals surface area contributed by atoms with Crippen LogP contribution in [0, 0.1) is 0 Å². The van der Waals surface area contributed by atoms with Crippen LogP contribution in [0.25, 0.3) is 0 Å². The molecule has 6 nitrogen and oxygen atoms in total. The van der Waals surface area contributed by atoms with Crippen LogP contribution in [0.15, 0.2) is 58.0 Å². The average molecular weight is 524 g/mol. The molecule has 146 valence electrons. The molecule has 11 heteroatoms. The van der Waals surface area contributed by atoms with Gasteiger partial charge in [0, 0.05) is 4.47 Å². The minimum absolute atomic E-state index is 0.0491. The van der Waals surface area contributed by atoms with Crippen molar-refractivity contribution in [2.75, 3.05) is 4.72 Å². The smallest absolute Gasteiger partial charge is 0.264 e. The van der Waals surface area contributed by atoms with Gasteiger partial charge in [0.25, 0.3) is 15.9 Å². The number of rotatable bonds is 6. The number of nitrogens with one attached hydrogen (secondary N) is 1. The summed E-state index contributed by atoms with van der Waals surface area (Å²) >= 11 is 21.2. The van der Waals surface area contributed by atoms with Crippen molar-refractivity contribution < 1.29 is 13.2 Å². The second-order valence-corrected chi connectivity index (χ2v) is 9.16. The lowest BCUT2D eigenvalue weighted by molar-refractivity contribution is 0.294. The first-order valence-corrected chi connectivity index (χ1v) is 11.0. The molecule has 28 heavy (non-hydrogen) atoms. The molecule has 1 heterocycles. The van der Waals surface area contributed by atoms with Crippen molar-refractivity contribution in [3.8, 4) is 5.88 Å². The Morgan fingerprint density at radius 3 is 2.61 bits per heavy atom. The molecule has 2 aromatic carbocycles. The van der Waals surface area contributed by atoms with Crippen molar-refractivity contribution in [1.29, 1.82) is 0 Å². The van der Waals surface area contributed by atoms with Crippen molar-refractivity contribution >= 4 is 66.6 Å². The molecule has 0 spiro atoms. The summed E-state index contributed by atoms with van der Waals surface area (Å²) in [5, 5.41) is 0.0565. The third kappa shape index (κ3) is 5.07.